The van der Waals surface area contributed by atoms with E-state index in [-0.39, 0.29) is 24.1 Å². The maximum Gasteiger partial charge on any atom is 0.0735 e. The van der Waals surface area contributed by atoms with Crippen LogP contribution in [0.5, 0.6) is 0 Å². The molecule has 0 radical (unpaired) electrons. The van der Waals surface area contributed by atoms with Crippen LogP contribution in [0, 0.1) is 5.92 Å². The minimum atomic E-state index is -0.260. The Hall–Kier alpha value is -0.120. The van der Waals surface area contributed by atoms with Gasteiger partial charge in [0.15, 0.2) is 0 Å². The zero-order valence-electron chi connectivity index (χ0n) is 7.96. The molecular weight excluding hydrogens is 152 g/mol. The van der Waals surface area contributed by atoms with E-state index < -0.39 is 0 Å². The normalized spacial score (nSPS) is 39.5. The summed E-state index contributed by atoms with van der Waals surface area (Å²) >= 11 is 0. The lowest BCUT2D eigenvalue weighted by molar-refractivity contribution is 0.0310. The second kappa shape index (κ2) is 4.21. The predicted molar refractivity (Wildman–Crippen MR) is 49.8 cm³/mol. The van der Waals surface area contributed by atoms with E-state index in [0.717, 1.165) is 12.8 Å². The summed E-state index contributed by atoms with van der Waals surface area (Å²) in [6.07, 6.45) is 3.05. The Morgan fingerprint density at radius 2 is 2.17 bits per heavy atom. The number of likely N-dealkylation sites (N-methyl/N-ethyl adjacent to an activating group) is 1. The van der Waals surface area contributed by atoms with Gasteiger partial charge in [0.2, 0.25) is 0 Å². The van der Waals surface area contributed by atoms with Crippen LogP contribution >= 0.6 is 0 Å². The molecule has 0 aromatic rings. The van der Waals surface area contributed by atoms with Gasteiger partial charge in [0.1, 0.15) is 0 Å². The van der Waals surface area contributed by atoms with Gasteiger partial charge >= 0.3 is 0 Å². The quantitative estimate of drug-likeness (QED) is 0.553. The predicted octanol–water partition coefficient (Wildman–Crippen LogP) is 0.0826. The Kier molecular flexibility index (Phi) is 3.50. The maximum atomic E-state index is 9.86. The Morgan fingerprint density at radius 3 is 2.67 bits per heavy atom. The second-order valence-corrected chi connectivity index (χ2v) is 3.84. The molecule has 4 N–H and O–H groups in total. The van der Waals surface area contributed by atoms with Crippen molar-refractivity contribution in [2.24, 2.45) is 11.7 Å². The lowest BCUT2D eigenvalue weighted by atomic mass is 9.79. The molecule has 12 heavy (non-hydrogen) atoms. The molecule has 1 fully saturated rings. The standard InChI is InChI=1S/C9H20N2O/c1-6(10)7-4-3-5-8(11-2)9(7)12/h6-9,11-12H,3-5,10H2,1-2H3/t6-,7?,8+,9+/m0/s1. The SMILES string of the molecule is CN[C@@H]1CCCC([C@H](C)N)[C@H]1O. The fourth-order valence-corrected chi connectivity index (χ4v) is 2.10. The summed E-state index contributed by atoms with van der Waals surface area (Å²) in [6, 6.07) is 0.353. The van der Waals surface area contributed by atoms with Crippen LogP contribution in [0.3, 0.4) is 0 Å². The van der Waals surface area contributed by atoms with Crippen molar-refractivity contribution in [2.75, 3.05) is 7.05 Å². The summed E-state index contributed by atoms with van der Waals surface area (Å²) in [5.74, 6) is 0.274. The van der Waals surface area contributed by atoms with Gasteiger partial charge in [0, 0.05) is 18.0 Å². The van der Waals surface area contributed by atoms with Crippen LogP contribution in [-0.4, -0.2) is 30.3 Å². The van der Waals surface area contributed by atoms with E-state index in [1.165, 1.54) is 6.42 Å². The Bertz CT molecular complexity index is 138. The highest BCUT2D eigenvalue weighted by molar-refractivity contribution is 4.89. The third-order valence-electron chi connectivity index (χ3n) is 2.95. The van der Waals surface area contributed by atoms with Crippen LogP contribution < -0.4 is 11.1 Å². The van der Waals surface area contributed by atoms with Crippen molar-refractivity contribution in [1.82, 2.24) is 5.32 Å². The molecule has 0 heterocycles. The van der Waals surface area contributed by atoms with Gasteiger partial charge < -0.3 is 16.2 Å². The zero-order chi connectivity index (χ0) is 9.14. The fraction of sp³-hybridized carbons (Fsp3) is 1.00. The molecule has 4 atom stereocenters. The van der Waals surface area contributed by atoms with Crippen molar-refractivity contribution in [3.63, 3.8) is 0 Å². The number of nitrogens with one attached hydrogen (secondary N) is 1. The highest BCUT2D eigenvalue weighted by Crippen LogP contribution is 2.26. The zero-order valence-corrected chi connectivity index (χ0v) is 7.96. The van der Waals surface area contributed by atoms with Crippen molar-refractivity contribution in [1.29, 1.82) is 0 Å². The summed E-state index contributed by atoms with van der Waals surface area (Å²) in [5.41, 5.74) is 5.79. The van der Waals surface area contributed by atoms with E-state index >= 15 is 0 Å². The first-order valence-corrected chi connectivity index (χ1v) is 4.77. The molecule has 0 aromatic heterocycles. The second-order valence-electron chi connectivity index (χ2n) is 3.84. The number of rotatable bonds is 2. The molecule has 0 aliphatic heterocycles. The molecule has 1 saturated carbocycles. The van der Waals surface area contributed by atoms with Crippen molar-refractivity contribution in [3.05, 3.63) is 0 Å². The number of aliphatic hydroxyl groups excluding tert-OH is 1. The molecule has 0 aromatic carbocycles. The van der Waals surface area contributed by atoms with Gasteiger partial charge in [0.05, 0.1) is 6.10 Å². The van der Waals surface area contributed by atoms with Crippen molar-refractivity contribution in [3.8, 4) is 0 Å². The van der Waals surface area contributed by atoms with E-state index in [1.807, 2.05) is 14.0 Å². The summed E-state index contributed by atoms with van der Waals surface area (Å²) in [7, 11) is 1.90. The summed E-state index contributed by atoms with van der Waals surface area (Å²) < 4.78 is 0. The smallest absolute Gasteiger partial charge is 0.0735 e. The molecule has 0 spiro atoms. The van der Waals surface area contributed by atoms with Crippen LogP contribution in [0.2, 0.25) is 0 Å². The highest BCUT2D eigenvalue weighted by Gasteiger charge is 2.32. The van der Waals surface area contributed by atoms with Gasteiger partial charge in [-0.3, -0.25) is 0 Å². The molecule has 3 heteroatoms. The van der Waals surface area contributed by atoms with Crippen molar-refractivity contribution >= 4 is 0 Å². The Balaban J connectivity index is 2.53. The van der Waals surface area contributed by atoms with E-state index in [4.69, 9.17) is 5.73 Å². The third kappa shape index (κ3) is 1.97. The first-order chi connectivity index (χ1) is 5.66. The molecule has 1 unspecified atom stereocenters. The highest BCUT2D eigenvalue weighted by atomic mass is 16.3. The number of aliphatic hydroxyl groups is 1. The van der Waals surface area contributed by atoms with Crippen molar-refractivity contribution < 1.29 is 5.11 Å². The molecule has 0 amide bonds. The minimum absolute atomic E-state index is 0.108. The Morgan fingerprint density at radius 1 is 1.50 bits per heavy atom. The van der Waals surface area contributed by atoms with Gasteiger partial charge in [-0.2, -0.15) is 0 Å². The average molecular weight is 172 g/mol. The van der Waals surface area contributed by atoms with Crippen LogP contribution in [0.25, 0.3) is 0 Å². The van der Waals surface area contributed by atoms with E-state index in [1.54, 1.807) is 0 Å². The van der Waals surface area contributed by atoms with Crippen molar-refractivity contribution in [2.45, 2.75) is 44.4 Å². The average Bonchev–Trinajstić information content (AvgIpc) is 2.04. The Labute approximate surface area is 74.3 Å². The van der Waals surface area contributed by atoms with Gasteiger partial charge in [-0.05, 0) is 26.8 Å². The number of hydrogen-bond donors (Lipinski definition) is 3. The topological polar surface area (TPSA) is 58.3 Å². The molecule has 1 aliphatic carbocycles. The fourth-order valence-electron chi connectivity index (χ4n) is 2.10. The van der Waals surface area contributed by atoms with E-state index in [9.17, 15) is 5.11 Å². The summed E-state index contributed by atoms with van der Waals surface area (Å²) in [5, 5.41) is 13.0. The van der Waals surface area contributed by atoms with Crippen LogP contribution in [0.4, 0.5) is 0 Å². The molecule has 1 aliphatic rings. The van der Waals surface area contributed by atoms with Gasteiger partial charge in [-0.1, -0.05) is 6.42 Å². The molecule has 3 nitrogen and oxygen atoms in total. The minimum Gasteiger partial charge on any atom is -0.391 e. The third-order valence-corrected chi connectivity index (χ3v) is 2.95. The lowest BCUT2D eigenvalue weighted by Crippen LogP contribution is -2.50. The van der Waals surface area contributed by atoms with Gasteiger partial charge in [0.25, 0.3) is 0 Å². The first-order valence-electron chi connectivity index (χ1n) is 4.77. The van der Waals surface area contributed by atoms with Gasteiger partial charge in [-0.25, -0.2) is 0 Å². The van der Waals surface area contributed by atoms with Crippen LogP contribution in [-0.2, 0) is 0 Å². The van der Waals surface area contributed by atoms with E-state index in [2.05, 4.69) is 5.32 Å². The first kappa shape index (κ1) is 9.96. The van der Waals surface area contributed by atoms with Crippen LogP contribution in [0.1, 0.15) is 26.2 Å². The summed E-state index contributed by atoms with van der Waals surface area (Å²) in [6.45, 7) is 1.98. The molecule has 0 bridgehead atoms. The van der Waals surface area contributed by atoms with Crippen LogP contribution in [0.15, 0.2) is 0 Å². The number of hydrogen-bond acceptors (Lipinski definition) is 3. The van der Waals surface area contributed by atoms with E-state index in [0.29, 0.717) is 0 Å². The monoisotopic (exact) mass is 172 g/mol. The largest absolute Gasteiger partial charge is 0.391 e. The lowest BCUT2D eigenvalue weighted by Gasteiger charge is -2.36. The van der Waals surface area contributed by atoms with Gasteiger partial charge in [-0.15, -0.1) is 0 Å². The maximum absolute atomic E-state index is 9.86. The molecular formula is C9H20N2O. The molecule has 1 rings (SSSR count). The summed E-state index contributed by atoms with van der Waals surface area (Å²) in [4.78, 5) is 0. The molecule has 72 valence electrons. The molecule has 0 saturated heterocycles. The number of nitrogens with two attached hydrogens (primary N) is 1.